The third-order valence-electron chi connectivity index (χ3n) is 5.47. The Morgan fingerprint density at radius 2 is 1.42 bits per heavy atom. The average molecular weight is 466 g/mol. The summed E-state index contributed by atoms with van der Waals surface area (Å²) >= 11 is 0. The van der Waals surface area contributed by atoms with Crippen LogP contribution < -0.4 is 10.1 Å². The molecule has 172 valence electrons. The zero-order valence-corrected chi connectivity index (χ0v) is 19.3. The molecule has 8 heteroatoms. The SMILES string of the molecule is Cc1ccc(Oc2ccc(NC(=O)CN3CCN(S(=O)(=O)c4ccccc4)CC3)cc2)cc1. The summed E-state index contributed by atoms with van der Waals surface area (Å²) in [4.78, 5) is 14.7. The minimum Gasteiger partial charge on any atom is -0.457 e. The number of nitrogens with one attached hydrogen (secondary N) is 1. The van der Waals surface area contributed by atoms with Crippen LogP contribution in [0.5, 0.6) is 11.5 Å². The molecule has 1 amide bonds. The zero-order chi connectivity index (χ0) is 23.3. The lowest BCUT2D eigenvalue weighted by Gasteiger charge is -2.33. The van der Waals surface area contributed by atoms with Crippen LogP contribution in [0.25, 0.3) is 0 Å². The number of ether oxygens (including phenoxy) is 1. The van der Waals surface area contributed by atoms with Crippen LogP contribution in [0.2, 0.25) is 0 Å². The van der Waals surface area contributed by atoms with Crippen LogP contribution in [0.4, 0.5) is 5.69 Å². The number of anilines is 1. The lowest BCUT2D eigenvalue weighted by Crippen LogP contribution is -2.50. The van der Waals surface area contributed by atoms with Gasteiger partial charge in [0.15, 0.2) is 0 Å². The highest BCUT2D eigenvalue weighted by Crippen LogP contribution is 2.23. The molecule has 7 nitrogen and oxygen atoms in total. The molecule has 0 saturated carbocycles. The first-order valence-corrected chi connectivity index (χ1v) is 12.3. The highest BCUT2D eigenvalue weighted by molar-refractivity contribution is 7.89. The van der Waals surface area contributed by atoms with Crippen molar-refractivity contribution in [1.82, 2.24) is 9.21 Å². The molecule has 0 atom stereocenters. The molecule has 1 fully saturated rings. The Morgan fingerprint density at radius 3 is 2.03 bits per heavy atom. The van der Waals surface area contributed by atoms with Gasteiger partial charge in [-0.25, -0.2) is 8.42 Å². The smallest absolute Gasteiger partial charge is 0.243 e. The number of amides is 1. The van der Waals surface area contributed by atoms with E-state index in [0.29, 0.717) is 42.5 Å². The molecular formula is C25H27N3O4S. The van der Waals surface area contributed by atoms with E-state index < -0.39 is 10.0 Å². The molecule has 1 aliphatic heterocycles. The number of rotatable bonds is 7. The van der Waals surface area contributed by atoms with Crippen molar-refractivity contribution in [3.8, 4) is 11.5 Å². The van der Waals surface area contributed by atoms with Crippen molar-refractivity contribution in [3.05, 3.63) is 84.4 Å². The number of hydrogen-bond donors (Lipinski definition) is 1. The van der Waals surface area contributed by atoms with E-state index in [9.17, 15) is 13.2 Å². The molecule has 0 aromatic heterocycles. The number of carbonyl (C=O) groups is 1. The molecule has 0 aliphatic carbocycles. The van der Waals surface area contributed by atoms with Gasteiger partial charge in [-0.05, 0) is 55.5 Å². The topological polar surface area (TPSA) is 79.0 Å². The maximum absolute atomic E-state index is 12.7. The lowest BCUT2D eigenvalue weighted by molar-refractivity contribution is -0.117. The number of sulfonamides is 1. The predicted octanol–water partition coefficient (Wildman–Crippen LogP) is 3.73. The Morgan fingerprint density at radius 1 is 0.848 bits per heavy atom. The normalized spacial score (nSPS) is 15.2. The number of piperazine rings is 1. The Bertz CT molecular complexity index is 1170. The van der Waals surface area contributed by atoms with Gasteiger partial charge in [-0.1, -0.05) is 35.9 Å². The Hall–Kier alpha value is -3.20. The van der Waals surface area contributed by atoms with Gasteiger partial charge in [-0.2, -0.15) is 4.31 Å². The molecule has 3 aromatic carbocycles. The molecule has 3 aromatic rings. The first-order valence-electron chi connectivity index (χ1n) is 10.8. The number of aryl methyl sites for hydroxylation is 1. The van der Waals surface area contributed by atoms with Crippen LogP contribution in [0.15, 0.2) is 83.8 Å². The molecule has 0 unspecified atom stereocenters. The van der Waals surface area contributed by atoms with Crippen molar-refractivity contribution in [1.29, 1.82) is 0 Å². The monoisotopic (exact) mass is 465 g/mol. The van der Waals surface area contributed by atoms with Gasteiger partial charge in [0.1, 0.15) is 11.5 Å². The van der Waals surface area contributed by atoms with Gasteiger partial charge in [-0.3, -0.25) is 9.69 Å². The van der Waals surface area contributed by atoms with Crippen molar-refractivity contribution < 1.29 is 17.9 Å². The Labute approximate surface area is 194 Å². The number of hydrogen-bond acceptors (Lipinski definition) is 5. The molecule has 1 aliphatic rings. The fourth-order valence-corrected chi connectivity index (χ4v) is 5.07. The van der Waals surface area contributed by atoms with Gasteiger partial charge in [0.2, 0.25) is 15.9 Å². The van der Waals surface area contributed by atoms with E-state index in [1.54, 1.807) is 42.5 Å². The van der Waals surface area contributed by atoms with E-state index in [-0.39, 0.29) is 12.5 Å². The summed E-state index contributed by atoms with van der Waals surface area (Å²) in [6.45, 7) is 3.95. The lowest BCUT2D eigenvalue weighted by atomic mass is 10.2. The molecule has 0 bridgehead atoms. The standard InChI is InChI=1S/C25H27N3O4S/c1-20-7-11-22(12-8-20)32-23-13-9-21(10-14-23)26-25(29)19-27-15-17-28(18-16-27)33(30,31)24-5-3-2-4-6-24/h2-14H,15-19H2,1H3,(H,26,29). The Balaban J connectivity index is 1.25. The molecule has 0 radical (unpaired) electrons. The fourth-order valence-electron chi connectivity index (χ4n) is 3.62. The summed E-state index contributed by atoms with van der Waals surface area (Å²) in [7, 11) is -3.50. The second kappa shape index (κ2) is 10.2. The quantitative estimate of drug-likeness (QED) is 0.575. The van der Waals surface area contributed by atoms with Crippen molar-refractivity contribution in [2.45, 2.75) is 11.8 Å². The van der Waals surface area contributed by atoms with E-state index in [1.165, 1.54) is 9.87 Å². The minimum atomic E-state index is -3.50. The van der Waals surface area contributed by atoms with Crippen LogP contribution in [0.1, 0.15) is 5.56 Å². The Kier molecular flexibility index (Phi) is 7.08. The summed E-state index contributed by atoms with van der Waals surface area (Å²) in [5, 5.41) is 2.89. The molecular weight excluding hydrogens is 438 g/mol. The molecule has 1 saturated heterocycles. The van der Waals surface area contributed by atoms with Gasteiger partial charge >= 0.3 is 0 Å². The van der Waals surface area contributed by atoms with Gasteiger partial charge in [0.25, 0.3) is 0 Å². The van der Waals surface area contributed by atoms with E-state index in [2.05, 4.69) is 5.32 Å². The second-order valence-electron chi connectivity index (χ2n) is 7.98. The molecule has 4 rings (SSSR count). The summed E-state index contributed by atoms with van der Waals surface area (Å²) in [5.41, 5.74) is 1.85. The fraction of sp³-hybridized carbons (Fsp3) is 0.240. The van der Waals surface area contributed by atoms with Gasteiger partial charge < -0.3 is 10.1 Å². The van der Waals surface area contributed by atoms with Crippen molar-refractivity contribution in [3.63, 3.8) is 0 Å². The van der Waals surface area contributed by atoms with E-state index >= 15 is 0 Å². The van der Waals surface area contributed by atoms with Crippen molar-refractivity contribution >= 4 is 21.6 Å². The van der Waals surface area contributed by atoms with Crippen LogP contribution in [0.3, 0.4) is 0 Å². The van der Waals surface area contributed by atoms with Crippen molar-refractivity contribution in [2.24, 2.45) is 0 Å². The zero-order valence-electron chi connectivity index (χ0n) is 18.5. The van der Waals surface area contributed by atoms with E-state index in [4.69, 9.17) is 4.74 Å². The van der Waals surface area contributed by atoms with Gasteiger partial charge in [0.05, 0.1) is 11.4 Å². The first kappa shape index (κ1) is 23.0. The summed E-state index contributed by atoms with van der Waals surface area (Å²) < 4.78 is 32.8. The summed E-state index contributed by atoms with van der Waals surface area (Å²) in [5.74, 6) is 1.31. The summed E-state index contributed by atoms with van der Waals surface area (Å²) in [6, 6.07) is 23.4. The average Bonchev–Trinajstić information content (AvgIpc) is 2.83. The molecule has 0 spiro atoms. The van der Waals surface area contributed by atoms with E-state index in [1.807, 2.05) is 48.2 Å². The van der Waals surface area contributed by atoms with Gasteiger partial charge in [0, 0.05) is 31.9 Å². The number of nitrogens with zero attached hydrogens (tertiary/aromatic N) is 2. The van der Waals surface area contributed by atoms with Gasteiger partial charge in [-0.15, -0.1) is 0 Å². The van der Waals surface area contributed by atoms with E-state index in [0.717, 1.165) is 5.75 Å². The highest BCUT2D eigenvalue weighted by atomic mass is 32.2. The largest absolute Gasteiger partial charge is 0.457 e. The van der Waals surface area contributed by atoms with Crippen LogP contribution in [-0.2, 0) is 14.8 Å². The van der Waals surface area contributed by atoms with Crippen molar-refractivity contribution in [2.75, 3.05) is 38.0 Å². The first-order chi connectivity index (χ1) is 15.9. The maximum atomic E-state index is 12.7. The maximum Gasteiger partial charge on any atom is 0.243 e. The highest BCUT2D eigenvalue weighted by Gasteiger charge is 2.28. The van der Waals surface area contributed by atoms with Crippen LogP contribution in [0, 0.1) is 6.92 Å². The predicted molar refractivity (Wildman–Crippen MR) is 128 cm³/mol. The molecule has 1 N–H and O–H groups in total. The van der Waals surface area contributed by atoms with Crippen LogP contribution in [-0.4, -0.2) is 56.3 Å². The third-order valence-corrected chi connectivity index (χ3v) is 7.39. The van der Waals surface area contributed by atoms with Crippen LogP contribution >= 0.6 is 0 Å². The molecule has 33 heavy (non-hydrogen) atoms. The third kappa shape index (κ3) is 5.98. The molecule has 1 heterocycles. The minimum absolute atomic E-state index is 0.137. The number of carbonyl (C=O) groups excluding carboxylic acids is 1. The summed E-state index contributed by atoms with van der Waals surface area (Å²) in [6.07, 6.45) is 0. The number of benzene rings is 3. The second-order valence-corrected chi connectivity index (χ2v) is 9.92.